The molecule has 186 valence electrons. The molecular weight excluding hydrogens is 488 g/mol. The first-order valence-electron chi connectivity index (χ1n) is 10.2. The predicted octanol–water partition coefficient (Wildman–Crippen LogP) is 5.41. The number of rotatable bonds is 10. The number of carbonyl (C=O) groups excluding carboxylic acids is 1. The highest BCUT2D eigenvalue weighted by atomic mass is 35.5. The highest BCUT2D eigenvalue weighted by Crippen LogP contribution is 2.35. The Balaban J connectivity index is 2.05. The van der Waals surface area contributed by atoms with Gasteiger partial charge in [0.25, 0.3) is 6.92 Å². The lowest BCUT2D eigenvalue weighted by Crippen LogP contribution is -2.42. The fourth-order valence-corrected chi connectivity index (χ4v) is 3.54. The minimum Gasteiger partial charge on any atom is -0.457 e. The average Bonchev–Trinajstić information content (AvgIpc) is 2.73. The molecule has 0 radical (unpaired) electrons. The van der Waals surface area contributed by atoms with Crippen LogP contribution in [0.1, 0.15) is 12.0 Å². The van der Waals surface area contributed by atoms with Gasteiger partial charge in [-0.15, -0.1) is 0 Å². The summed E-state index contributed by atoms with van der Waals surface area (Å²) in [4.78, 5) is 11.8. The Morgan fingerprint density at radius 3 is 2.29 bits per heavy atom. The van der Waals surface area contributed by atoms with E-state index in [9.17, 15) is 41.3 Å². The van der Waals surface area contributed by atoms with Crippen molar-refractivity contribution < 1.29 is 46.0 Å². The van der Waals surface area contributed by atoms with Gasteiger partial charge in [-0.1, -0.05) is 42.7 Å². The van der Waals surface area contributed by atoms with Gasteiger partial charge in [0.2, 0.25) is 0 Å². The molecule has 12 heteroatoms. The molecule has 0 aliphatic rings. The van der Waals surface area contributed by atoms with Crippen molar-refractivity contribution in [1.82, 2.24) is 0 Å². The summed E-state index contributed by atoms with van der Waals surface area (Å²) >= 11 is 5.91. The molecule has 0 fully saturated rings. The van der Waals surface area contributed by atoms with Crippen LogP contribution in [0.25, 0.3) is 11.1 Å². The second-order valence-corrected chi connectivity index (χ2v) is 8.47. The third-order valence-electron chi connectivity index (χ3n) is 5.03. The molecule has 0 saturated carbocycles. The molecule has 2 aromatic rings. The van der Waals surface area contributed by atoms with Crippen molar-refractivity contribution in [3.8, 4) is 11.1 Å². The average molecular weight is 511 g/mol. The van der Waals surface area contributed by atoms with Crippen LogP contribution < -0.4 is 0 Å². The van der Waals surface area contributed by atoms with Crippen LogP contribution in [0, 0.1) is 11.7 Å². The molecule has 0 saturated heterocycles. The van der Waals surface area contributed by atoms with Crippen LogP contribution in [0.15, 0.2) is 42.5 Å². The maximum Gasteiger partial charge on any atom is 0.456 e. The molecule has 2 N–H and O–H groups in total. The van der Waals surface area contributed by atoms with E-state index >= 15 is 0 Å². The summed E-state index contributed by atoms with van der Waals surface area (Å²) in [5.74, 6) is -7.88. The van der Waals surface area contributed by atoms with Crippen LogP contribution in [0.2, 0.25) is 18.2 Å². The minimum atomic E-state index is -5.90. The topological polar surface area (TPSA) is 66.8 Å². The molecule has 4 nitrogen and oxygen atoms in total. The van der Waals surface area contributed by atoms with Crippen molar-refractivity contribution in [1.29, 1.82) is 0 Å². The Bertz CT molecular complexity index is 969. The Kier molecular flexibility index (Phi) is 9.44. The molecule has 0 aliphatic carbocycles. The summed E-state index contributed by atoms with van der Waals surface area (Å²) in [5, 5.41) is 20.1. The van der Waals surface area contributed by atoms with Crippen LogP contribution in [0.4, 0.5) is 26.3 Å². The minimum absolute atomic E-state index is 0.105. The third kappa shape index (κ3) is 7.92. The number of hydrogen-bond donors (Lipinski definition) is 2. The SMILES string of the molecule is CB(O)C[C@H](Cc1ccc(-c2cc(Cl)ccc2F)cc1)C[C@@H](O)C(=O)OCC(F)(F)C(F)(F)F. The van der Waals surface area contributed by atoms with Crippen LogP contribution in [-0.2, 0) is 16.0 Å². The van der Waals surface area contributed by atoms with Crippen LogP contribution in [0.3, 0.4) is 0 Å². The van der Waals surface area contributed by atoms with Gasteiger partial charge in [0.05, 0.1) is 0 Å². The van der Waals surface area contributed by atoms with E-state index in [-0.39, 0.29) is 24.7 Å². The first-order valence-corrected chi connectivity index (χ1v) is 10.6. The molecule has 0 aliphatic heterocycles. The summed E-state index contributed by atoms with van der Waals surface area (Å²) in [5.41, 5.74) is 1.53. The molecule has 0 amide bonds. The summed E-state index contributed by atoms with van der Waals surface area (Å²) in [6.07, 6.45) is -7.87. The van der Waals surface area contributed by atoms with E-state index in [2.05, 4.69) is 4.74 Å². The van der Waals surface area contributed by atoms with Crippen molar-refractivity contribution in [2.75, 3.05) is 6.61 Å². The van der Waals surface area contributed by atoms with Crippen LogP contribution in [-0.4, -0.2) is 47.8 Å². The van der Waals surface area contributed by atoms with Gasteiger partial charge in [0, 0.05) is 10.6 Å². The molecule has 2 atom stereocenters. The second-order valence-electron chi connectivity index (χ2n) is 8.04. The number of halogens is 7. The summed E-state index contributed by atoms with van der Waals surface area (Å²) in [6, 6.07) is 10.7. The first kappa shape index (κ1) is 28.0. The van der Waals surface area contributed by atoms with Crippen molar-refractivity contribution in [3.63, 3.8) is 0 Å². The van der Waals surface area contributed by atoms with E-state index in [1.165, 1.54) is 25.0 Å². The zero-order valence-corrected chi connectivity index (χ0v) is 18.7. The molecule has 2 rings (SSSR count). The number of hydrogen-bond acceptors (Lipinski definition) is 4. The van der Waals surface area contributed by atoms with E-state index < -0.39 is 49.4 Å². The second kappa shape index (κ2) is 11.5. The Labute approximate surface area is 197 Å². The normalized spacial score (nSPS) is 13.9. The van der Waals surface area contributed by atoms with Crippen molar-refractivity contribution in [2.45, 2.75) is 44.2 Å². The summed E-state index contributed by atoms with van der Waals surface area (Å²) in [7, 11) is 0. The highest BCUT2D eigenvalue weighted by molar-refractivity contribution is 6.48. The number of alkyl halides is 5. The predicted molar refractivity (Wildman–Crippen MR) is 115 cm³/mol. The number of ether oxygens (including phenoxy) is 1. The molecular formula is C22H22BClF6O4. The number of aliphatic hydroxyl groups excluding tert-OH is 1. The van der Waals surface area contributed by atoms with E-state index in [4.69, 9.17) is 11.6 Å². The molecule has 2 aromatic carbocycles. The van der Waals surface area contributed by atoms with Crippen LogP contribution in [0.5, 0.6) is 0 Å². The number of carbonyl (C=O) groups is 1. The van der Waals surface area contributed by atoms with Gasteiger partial charge in [0.1, 0.15) is 5.82 Å². The standard InChI is InChI=1S/C22H22BClF6O4/c1-23(33)11-14(9-19(31)20(32)34-12-21(26,27)22(28,29)30)8-13-2-4-15(5-3-13)17-10-16(24)6-7-18(17)25/h2-7,10,14,19,31,33H,8-9,11-12H2,1H3/t14-,19-/m1/s1. The van der Waals surface area contributed by atoms with Crippen LogP contribution >= 0.6 is 11.6 Å². The van der Waals surface area contributed by atoms with Crippen molar-refractivity contribution in [2.24, 2.45) is 5.92 Å². The Morgan fingerprint density at radius 2 is 1.74 bits per heavy atom. The van der Waals surface area contributed by atoms with E-state index in [0.717, 1.165) is 0 Å². The lowest BCUT2D eigenvalue weighted by Gasteiger charge is -2.22. The quantitative estimate of drug-likeness (QED) is 0.255. The maximum absolute atomic E-state index is 14.1. The van der Waals surface area contributed by atoms with Gasteiger partial charge >= 0.3 is 18.1 Å². The molecule has 0 bridgehead atoms. The number of benzene rings is 2. The number of aliphatic hydroxyl groups is 1. The lowest BCUT2D eigenvalue weighted by atomic mass is 9.62. The molecule has 0 unspecified atom stereocenters. The van der Waals surface area contributed by atoms with E-state index in [1.807, 2.05) is 0 Å². The summed E-state index contributed by atoms with van der Waals surface area (Å²) < 4.78 is 80.5. The molecule has 0 heterocycles. The van der Waals surface area contributed by atoms with Gasteiger partial charge in [-0.25, -0.2) is 9.18 Å². The maximum atomic E-state index is 14.1. The highest BCUT2D eigenvalue weighted by Gasteiger charge is 2.58. The monoisotopic (exact) mass is 510 g/mol. The largest absolute Gasteiger partial charge is 0.457 e. The Morgan fingerprint density at radius 1 is 1.12 bits per heavy atom. The van der Waals surface area contributed by atoms with Gasteiger partial charge in [-0.3, -0.25) is 0 Å². The van der Waals surface area contributed by atoms with Gasteiger partial charge in [0.15, 0.2) is 12.7 Å². The smallest absolute Gasteiger partial charge is 0.456 e. The molecule has 0 spiro atoms. The molecule has 0 aromatic heterocycles. The zero-order chi connectivity index (χ0) is 25.7. The zero-order valence-electron chi connectivity index (χ0n) is 18.0. The summed E-state index contributed by atoms with van der Waals surface area (Å²) in [6.45, 7) is -1.62. The van der Waals surface area contributed by atoms with Crippen molar-refractivity contribution in [3.05, 3.63) is 58.9 Å². The van der Waals surface area contributed by atoms with Crippen molar-refractivity contribution >= 4 is 24.5 Å². The fourth-order valence-electron chi connectivity index (χ4n) is 3.37. The number of esters is 1. The first-order chi connectivity index (χ1) is 15.7. The van der Waals surface area contributed by atoms with E-state index in [1.54, 1.807) is 24.3 Å². The third-order valence-corrected chi connectivity index (χ3v) is 5.27. The fraction of sp³-hybridized carbons (Fsp3) is 0.409. The van der Waals surface area contributed by atoms with Gasteiger partial charge < -0.3 is 14.9 Å². The lowest BCUT2D eigenvalue weighted by molar-refractivity contribution is -0.294. The van der Waals surface area contributed by atoms with Gasteiger partial charge in [-0.2, -0.15) is 22.0 Å². The molecule has 34 heavy (non-hydrogen) atoms. The van der Waals surface area contributed by atoms with Gasteiger partial charge in [-0.05, 0) is 54.4 Å². The Hall–Kier alpha value is -2.24. The van der Waals surface area contributed by atoms with E-state index in [0.29, 0.717) is 16.1 Å².